The largest absolute Gasteiger partial charge is 0.301 e. The van der Waals surface area contributed by atoms with Gasteiger partial charge < -0.3 is 4.90 Å². The number of piperazine rings is 1. The van der Waals surface area contributed by atoms with Gasteiger partial charge in [-0.2, -0.15) is 0 Å². The lowest BCUT2D eigenvalue weighted by Gasteiger charge is -2.41. The van der Waals surface area contributed by atoms with E-state index in [2.05, 4.69) is 39.7 Å². The summed E-state index contributed by atoms with van der Waals surface area (Å²) in [6.45, 7) is 7.42. The van der Waals surface area contributed by atoms with Gasteiger partial charge in [-0.3, -0.25) is 4.90 Å². The molecule has 1 atom stereocenters. The van der Waals surface area contributed by atoms with Crippen LogP contribution in [0.15, 0.2) is 0 Å². The SMILES string of the molecule is CC1CN(CC2(CBr)CCCC2)CCN1C. The summed E-state index contributed by atoms with van der Waals surface area (Å²) in [5.74, 6) is 0. The molecule has 2 rings (SSSR count). The summed E-state index contributed by atoms with van der Waals surface area (Å²) in [7, 11) is 2.25. The maximum Gasteiger partial charge on any atom is 0.0192 e. The van der Waals surface area contributed by atoms with Crippen LogP contribution in [0.5, 0.6) is 0 Å². The van der Waals surface area contributed by atoms with Crippen molar-refractivity contribution in [1.29, 1.82) is 0 Å². The van der Waals surface area contributed by atoms with Gasteiger partial charge in [0, 0.05) is 37.6 Å². The lowest BCUT2D eigenvalue weighted by molar-refractivity contribution is 0.0732. The summed E-state index contributed by atoms with van der Waals surface area (Å²) in [4.78, 5) is 5.17. The molecule has 2 aliphatic rings. The van der Waals surface area contributed by atoms with Crippen LogP contribution >= 0.6 is 15.9 Å². The van der Waals surface area contributed by atoms with Gasteiger partial charge in [-0.15, -0.1) is 0 Å². The minimum absolute atomic E-state index is 0.593. The van der Waals surface area contributed by atoms with Crippen LogP contribution in [-0.2, 0) is 0 Å². The molecular formula is C13H25BrN2. The van der Waals surface area contributed by atoms with E-state index < -0.39 is 0 Å². The van der Waals surface area contributed by atoms with Crippen molar-refractivity contribution in [3.63, 3.8) is 0 Å². The smallest absolute Gasteiger partial charge is 0.0192 e. The summed E-state index contributed by atoms with van der Waals surface area (Å²) < 4.78 is 0. The second-order valence-corrected chi connectivity index (χ2v) is 6.47. The normalized spacial score (nSPS) is 32.1. The molecule has 1 unspecified atom stereocenters. The van der Waals surface area contributed by atoms with Gasteiger partial charge >= 0.3 is 0 Å². The standard InChI is InChI=1S/C13H25BrN2/c1-12-9-16(8-7-15(12)2)11-13(10-14)5-3-4-6-13/h12H,3-11H2,1-2H3. The highest BCUT2D eigenvalue weighted by Gasteiger charge is 2.35. The minimum Gasteiger partial charge on any atom is -0.301 e. The predicted octanol–water partition coefficient (Wildman–Crippen LogP) is 2.58. The van der Waals surface area contributed by atoms with Crippen molar-refractivity contribution in [2.24, 2.45) is 5.41 Å². The highest BCUT2D eigenvalue weighted by atomic mass is 79.9. The van der Waals surface area contributed by atoms with Crippen molar-refractivity contribution in [1.82, 2.24) is 9.80 Å². The Morgan fingerprint density at radius 3 is 2.50 bits per heavy atom. The zero-order valence-corrected chi connectivity index (χ0v) is 12.3. The van der Waals surface area contributed by atoms with E-state index in [1.54, 1.807) is 0 Å². The first kappa shape index (κ1) is 12.8. The van der Waals surface area contributed by atoms with E-state index in [0.29, 0.717) is 5.41 Å². The Balaban J connectivity index is 1.89. The molecule has 0 aromatic heterocycles. The Labute approximate surface area is 108 Å². The molecule has 2 fully saturated rings. The van der Waals surface area contributed by atoms with Crippen molar-refractivity contribution in [3.8, 4) is 0 Å². The van der Waals surface area contributed by atoms with Crippen LogP contribution in [-0.4, -0.2) is 54.4 Å². The number of rotatable bonds is 3. The zero-order valence-electron chi connectivity index (χ0n) is 10.7. The summed E-state index contributed by atoms with van der Waals surface area (Å²) in [6.07, 6.45) is 5.74. The molecule has 1 aliphatic carbocycles. The van der Waals surface area contributed by atoms with Crippen molar-refractivity contribution in [2.75, 3.05) is 38.6 Å². The monoisotopic (exact) mass is 288 g/mol. The molecule has 0 radical (unpaired) electrons. The zero-order chi connectivity index (χ0) is 11.6. The third-order valence-corrected chi connectivity index (χ3v) is 5.74. The van der Waals surface area contributed by atoms with Gasteiger partial charge in [0.25, 0.3) is 0 Å². The molecule has 1 saturated carbocycles. The highest BCUT2D eigenvalue weighted by molar-refractivity contribution is 9.09. The number of alkyl halides is 1. The second-order valence-electron chi connectivity index (χ2n) is 5.91. The topological polar surface area (TPSA) is 6.48 Å². The summed E-state index contributed by atoms with van der Waals surface area (Å²) in [6, 6.07) is 0.725. The molecule has 16 heavy (non-hydrogen) atoms. The Bertz CT molecular complexity index is 226. The summed E-state index contributed by atoms with van der Waals surface area (Å²) in [5.41, 5.74) is 0.593. The molecule has 0 N–H and O–H groups in total. The van der Waals surface area contributed by atoms with E-state index >= 15 is 0 Å². The molecule has 0 bridgehead atoms. The van der Waals surface area contributed by atoms with Gasteiger partial charge in [0.2, 0.25) is 0 Å². The van der Waals surface area contributed by atoms with Gasteiger partial charge in [0.05, 0.1) is 0 Å². The van der Waals surface area contributed by atoms with E-state index in [4.69, 9.17) is 0 Å². The molecule has 0 amide bonds. The van der Waals surface area contributed by atoms with E-state index in [-0.39, 0.29) is 0 Å². The fraction of sp³-hybridized carbons (Fsp3) is 1.00. The third kappa shape index (κ3) is 2.80. The lowest BCUT2D eigenvalue weighted by atomic mass is 9.88. The maximum absolute atomic E-state index is 3.75. The number of hydrogen-bond acceptors (Lipinski definition) is 2. The predicted molar refractivity (Wildman–Crippen MR) is 73.2 cm³/mol. The highest BCUT2D eigenvalue weighted by Crippen LogP contribution is 2.40. The molecule has 2 nitrogen and oxygen atoms in total. The van der Waals surface area contributed by atoms with E-state index in [1.807, 2.05) is 0 Å². The average molecular weight is 289 g/mol. The fourth-order valence-electron chi connectivity index (χ4n) is 3.20. The van der Waals surface area contributed by atoms with Crippen molar-refractivity contribution >= 4 is 15.9 Å². The van der Waals surface area contributed by atoms with Gasteiger partial charge in [-0.1, -0.05) is 28.8 Å². The Morgan fingerprint density at radius 1 is 1.25 bits per heavy atom. The number of hydrogen-bond donors (Lipinski definition) is 0. The Hall–Kier alpha value is 0.400. The molecule has 0 spiro atoms. The van der Waals surface area contributed by atoms with E-state index in [1.165, 1.54) is 57.2 Å². The molecule has 94 valence electrons. The van der Waals surface area contributed by atoms with E-state index in [0.717, 1.165) is 6.04 Å². The van der Waals surface area contributed by atoms with Crippen LogP contribution in [0, 0.1) is 5.41 Å². The van der Waals surface area contributed by atoms with Crippen LogP contribution in [0.4, 0.5) is 0 Å². The lowest BCUT2D eigenvalue weighted by Crippen LogP contribution is -2.52. The van der Waals surface area contributed by atoms with Crippen LogP contribution in [0.2, 0.25) is 0 Å². The maximum atomic E-state index is 3.75. The van der Waals surface area contributed by atoms with Crippen LogP contribution in [0.25, 0.3) is 0 Å². The van der Waals surface area contributed by atoms with Crippen molar-refractivity contribution in [3.05, 3.63) is 0 Å². The Kier molecular flexibility index (Phi) is 4.31. The number of likely N-dealkylation sites (N-methyl/N-ethyl adjacent to an activating group) is 1. The summed E-state index contributed by atoms with van der Waals surface area (Å²) >= 11 is 3.75. The van der Waals surface area contributed by atoms with Gasteiger partial charge in [-0.25, -0.2) is 0 Å². The number of nitrogens with zero attached hydrogens (tertiary/aromatic N) is 2. The first-order chi connectivity index (χ1) is 7.65. The Morgan fingerprint density at radius 2 is 1.94 bits per heavy atom. The van der Waals surface area contributed by atoms with Crippen molar-refractivity contribution < 1.29 is 0 Å². The first-order valence-corrected chi connectivity index (χ1v) is 7.76. The third-order valence-electron chi connectivity index (χ3n) is 4.55. The molecule has 1 saturated heterocycles. The molecular weight excluding hydrogens is 264 g/mol. The van der Waals surface area contributed by atoms with E-state index in [9.17, 15) is 0 Å². The van der Waals surface area contributed by atoms with Gasteiger partial charge in [0.1, 0.15) is 0 Å². The first-order valence-electron chi connectivity index (χ1n) is 6.64. The molecule has 1 aliphatic heterocycles. The van der Waals surface area contributed by atoms with Crippen LogP contribution in [0.1, 0.15) is 32.6 Å². The van der Waals surface area contributed by atoms with Gasteiger partial charge in [-0.05, 0) is 32.2 Å². The quantitative estimate of drug-likeness (QED) is 0.737. The van der Waals surface area contributed by atoms with Crippen LogP contribution in [0.3, 0.4) is 0 Å². The molecule has 0 aromatic rings. The second kappa shape index (κ2) is 5.36. The molecule has 3 heteroatoms. The molecule has 0 aromatic carbocycles. The minimum atomic E-state index is 0.593. The van der Waals surface area contributed by atoms with Gasteiger partial charge in [0.15, 0.2) is 0 Å². The molecule has 1 heterocycles. The fourth-order valence-corrected chi connectivity index (χ4v) is 3.94. The van der Waals surface area contributed by atoms with Crippen molar-refractivity contribution in [2.45, 2.75) is 38.6 Å². The summed E-state index contributed by atoms with van der Waals surface area (Å²) in [5, 5.41) is 1.20. The van der Waals surface area contributed by atoms with Crippen LogP contribution < -0.4 is 0 Å². The average Bonchev–Trinajstić information content (AvgIpc) is 2.73. The number of halogens is 1.